The summed E-state index contributed by atoms with van der Waals surface area (Å²) in [7, 11) is 0. The summed E-state index contributed by atoms with van der Waals surface area (Å²) in [5.41, 5.74) is 0. The minimum atomic E-state index is -0.773. The van der Waals surface area contributed by atoms with Gasteiger partial charge in [-0.15, -0.1) is 0 Å². The zero-order valence-corrected chi connectivity index (χ0v) is 39.0. The average molecular weight is 827 g/mol. The Hall–Kier alpha value is -2.63. The maximum atomic E-state index is 12.7. The van der Waals surface area contributed by atoms with Gasteiger partial charge in [0.05, 0.1) is 0 Å². The second-order valence-corrected chi connectivity index (χ2v) is 16.7. The van der Waals surface area contributed by atoms with Crippen LogP contribution in [-0.2, 0) is 28.6 Å². The van der Waals surface area contributed by atoms with E-state index in [2.05, 4.69) is 69.4 Å². The van der Waals surface area contributed by atoms with Gasteiger partial charge in [-0.2, -0.15) is 0 Å². The first-order valence-electron chi connectivity index (χ1n) is 25.1. The first-order valence-corrected chi connectivity index (χ1v) is 25.1. The first kappa shape index (κ1) is 56.4. The maximum Gasteiger partial charge on any atom is 0.306 e. The number of carbonyl (C=O) groups excluding carboxylic acids is 3. The molecule has 0 fully saturated rings. The molecule has 59 heavy (non-hydrogen) atoms. The highest BCUT2D eigenvalue weighted by Gasteiger charge is 2.19. The van der Waals surface area contributed by atoms with E-state index in [0.717, 1.165) is 83.5 Å². The molecule has 342 valence electrons. The predicted molar refractivity (Wildman–Crippen MR) is 252 cm³/mol. The Morgan fingerprint density at radius 3 is 0.966 bits per heavy atom. The molecule has 0 aliphatic heterocycles. The van der Waals surface area contributed by atoms with Crippen molar-refractivity contribution in [2.75, 3.05) is 13.2 Å². The van der Waals surface area contributed by atoms with Crippen LogP contribution >= 0.6 is 0 Å². The first-order chi connectivity index (χ1) is 29.0. The van der Waals surface area contributed by atoms with Crippen LogP contribution < -0.4 is 0 Å². The second kappa shape index (κ2) is 48.0. The van der Waals surface area contributed by atoms with Gasteiger partial charge in [0.25, 0.3) is 0 Å². The van der Waals surface area contributed by atoms with Crippen LogP contribution in [0.1, 0.15) is 252 Å². The van der Waals surface area contributed by atoms with Crippen LogP contribution in [0.25, 0.3) is 0 Å². The van der Waals surface area contributed by atoms with E-state index in [4.69, 9.17) is 14.2 Å². The van der Waals surface area contributed by atoms with Gasteiger partial charge in [-0.1, -0.05) is 198 Å². The van der Waals surface area contributed by atoms with Crippen molar-refractivity contribution in [1.82, 2.24) is 0 Å². The third kappa shape index (κ3) is 46.3. The Morgan fingerprint density at radius 2 is 0.610 bits per heavy atom. The number of carbonyl (C=O) groups is 3. The van der Waals surface area contributed by atoms with Crippen LogP contribution in [0.4, 0.5) is 0 Å². The minimum absolute atomic E-state index is 0.0781. The predicted octanol–water partition coefficient (Wildman–Crippen LogP) is 16.3. The highest BCUT2D eigenvalue weighted by Crippen LogP contribution is 2.14. The lowest BCUT2D eigenvalue weighted by Crippen LogP contribution is -2.30. The van der Waals surface area contributed by atoms with Crippen molar-refractivity contribution in [1.29, 1.82) is 0 Å². The van der Waals surface area contributed by atoms with Crippen LogP contribution in [0, 0.1) is 0 Å². The highest BCUT2D eigenvalue weighted by molar-refractivity contribution is 5.71. The summed E-state index contributed by atoms with van der Waals surface area (Å²) in [6, 6.07) is 0. The summed E-state index contributed by atoms with van der Waals surface area (Å²) in [4.78, 5) is 37.6. The molecule has 0 rings (SSSR count). The normalized spacial score (nSPS) is 12.4. The van der Waals surface area contributed by atoms with Crippen molar-refractivity contribution in [3.05, 3.63) is 48.6 Å². The number of esters is 3. The van der Waals surface area contributed by atoms with Crippen LogP contribution in [0.15, 0.2) is 48.6 Å². The minimum Gasteiger partial charge on any atom is -0.462 e. The molecule has 1 unspecified atom stereocenters. The molecule has 0 heterocycles. The number of rotatable bonds is 45. The molecule has 1 atom stereocenters. The van der Waals surface area contributed by atoms with E-state index >= 15 is 0 Å². The van der Waals surface area contributed by atoms with Gasteiger partial charge in [0.15, 0.2) is 6.10 Å². The van der Waals surface area contributed by atoms with Crippen molar-refractivity contribution in [2.45, 2.75) is 258 Å². The number of allylic oxidation sites excluding steroid dienone is 8. The molecule has 0 aromatic rings. The van der Waals surface area contributed by atoms with Crippen LogP contribution in [0.5, 0.6) is 0 Å². The quantitative estimate of drug-likeness (QED) is 0.0263. The third-order valence-electron chi connectivity index (χ3n) is 10.8. The molecule has 0 aliphatic rings. The van der Waals surface area contributed by atoms with Crippen LogP contribution in [0.2, 0.25) is 0 Å². The van der Waals surface area contributed by atoms with Gasteiger partial charge in [-0.25, -0.2) is 0 Å². The molecule has 0 aliphatic carbocycles. The Kier molecular flexibility index (Phi) is 45.9. The van der Waals surface area contributed by atoms with Crippen molar-refractivity contribution in [3.8, 4) is 0 Å². The van der Waals surface area contributed by atoms with Gasteiger partial charge in [0, 0.05) is 19.3 Å². The molecular weight excluding hydrogens is 733 g/mol. The molecule has 0 amide bonds. The molecular formula is C53H94O6. The number of ether oxygens (including phenoxy) is 3. The fourth-order valence-corrected chi connectivity index (χ4v) is 6.97. The monoisotopic (exact) mass is 827 g/mol. The largest absolute Gasteiger partial charge is 0.462 e. The standard InChI is InChI=1S/C53H94O6/c1-4-7-10-13-15-17-19-21-23-25-26-28-29-31-33-35-37-40-43-46-52(55)58-49-50(48-57-51(54)45-42-39-12-9-6-3)59-53(56)47-44-41-38-36-34-32-30-27-24-22-20-18-16-14-11-8-5-2/h15-18,21-24,50H,4-14,19-20,25-49H2,1-3H3/b17-15-,18-16-,23-21-,24-22-. The smallest absolute Gasteiger partial charge is 0.306 e. The summed E-state index contributed by atoms with van der Waals surface area (Å²) < 4.78 is 16.7. The zero-order valence-electron chi connectivity index (χ0n) is 39.0. The van der Waals surface area contributed by atoms with E-state index < -0.39 is 6.10 Å². The Bertz CT molecular complexity index is 1040. The fraction of sp³-hybridized carbons (Fsp3) is 0.792. The molecule has 0 bridgehead atoms. The number of hydrogen-bond donors (Lipinski definition) is 0. The number of unbranched alkanes of at least 4 members (excludes halogenated alkanes) is 26. The van der Waals surface area contributed by atoms with E-state index in [1.807, 2.05) is 0 Å². The topological polar surface area (TPSA) is 78.9 Å². The Labute approximate surface area is 365 Å². The van der Waals surface area contributed by atoms with E-state index in [1.165, 1.54) is 128 Å². The fourth-order valence-electron chi connectivity index (χ4n) is 6.97. The summed E-state index contributed by atoms with van der Waals surface area (Å²) in [5, 5.41) is 0. The van der Waals surface area contributed by atoms with E-state index in [0.29, 0.717) is 19.3 Å². The molecule has 0 aromatic carbocycles. The van der Waals surface area contributed by atoms with Gasteiger partial charge in [-0.05, 0) is 83.5 Å². The summed E-state index contributed by atoms with van der Waals surface area (Å²) in [5.74, 6) is -0.899. The van der Waals surface area contributed by atoms with E-state index in [1.54, 1.807) is 0 Å². The SMILES string of the molecule is CCCCC/C=C\C/C=C\CCCCCCCCCCCC(=O)OCC(COC(=O)CCCCCCC)OC(=O)CCCCCCCCC/C=C\C/C=C\CCCCC. The number of hydrogen-bond acceptors (Lipinski definition) is 6. The lowest BCUT2D eigenvalue weighted by Gasteiger charge is -2.18. The Morgan fingerprint density at radius 1 is 0.339 bits per heavy atom. The average Bonchev–Trinajstić information content (AvgIpc) is 3.23. The molecule has 0 saturated heterocycles. The second-order valence-electron chi connectivity index (χ2n) is 16.7. The van der Waals surface area contributed by atoms with Crippen molar-refractivity contribution < 1.29 is 28.6 Å². The van der Waals surface area contributed by atoms with Gasteiger partial charge in [0.1, 0.15) is 13.2 Å². The van der Waals surface area contributed by atoms with Crippen LogP contribution in [0.3, 0.4) is 0 Å². The van der Waals surface area contributed by atoms with E-state index in [9.17, 15) is 14.4 Å². The summed E-state index contributed by atoms with van der Waals surface area (Å²) in [6.45, 7) is 6.50. The summed E-state index contributed by atoms with van der Waals surface area (Å²) >= 11 is 0. The molecule has 0 saturated carbocycles. The van der Waals surface area contributed by atoms with Crippen molar-refractivity contribution in [2.24, 2.45) is 0 Å². The molecule has 0 aromatic heterocycles. The van der Waals surface area contributed by atoms with Crippen molar-refractivity contribution >= 4 is 17.9 Å². The zero-order chi connectivity index (χ0) is 43.0. The van der Waals surface area contributed by atoms with E-state index in [-0.39, 0.29) is 31.1 Å². The molecule has 0 spiro atoms. The lowest BCUT2D eigenvalue weighted by atomic mass is 10.1. The lowest BCUT2D eigenvalue weighted by molar-refractivity contribution is -0.167. The highest BCUT2D eigenvalue weighted by atomic mass is 16.6. The molecule has 6 heteroatoms. The maximum absolute atomic E-state index is 12.7. The molecule has 0 radical (unpaired) electrons. The Balaban J connectivity index is 4.18. The van der Waals surface area contributed by atoms with Crippen LogP contribution in [-0.4, -0.2) is 37.2 Å². The third-order valence-corrected chi connectivity index (χ3v) is 10.8. The van der Waals surface area contributed by atoms with Gasteiger partial charge in [0.2, 0.25) is 0 Å². The van der Waals surface area contributed by atoms with Gasteiger partial charge >= 0.3 is 17.9 Å². The molecule has 6 nitrogen and oxygen atoms in total. The van der Waals surface area contributed by atoms with Gasteiger partial charge < -0.3 is 14.2 Å². The van der Waals surface area contributed by atoms with Crippen molar-refractivity contribution in [3.63, 3.8) is 0 Å². The van der Waals surface area contributed by atoms with Gasteiger partial charge in [-0.3, -0.25) is 14.4 Å². The summed E-state index contributed by atoms with van der Waals surface area (Å²) in [6.07, 6.45) is 56.9. The molecule has 0 N–H and O–H groups in total.